The Bertz CT molecular complexity index is 1510. The van der Waals surface area contributed by atoms with Gasteiger partial charge >= 0.3 is 11.9 Å². The van der Waals surface area contributed by atoms with Crippen molar-refractivity contribution in [3.63, 3.8) is 0 Å². The zero-order valence-corrected chi connectivity index (χ0v) is 53.9. The van der Waals surface area contributed by atoms with E-state index in [1.54, 1.807) is 0 Å². The number of aliphatic carboxylic acids is 1. The first-order valence-corrected chi connectivity index (χ1v) is 34.4. The van der Waals surface area contributed by atoms with Gasteiger partial charge in [0, 0.05) is 12.8 Å². The van der Waals surface area contributed by atoms with E-state index in [2.05, 4.69) is 74.6 Å². The van der Waals surface area contributed by atoms with Crippen LogP contribution in [0, 0.1) is 0 Å². The molecular weight excluding hydrogens is 1010 g/mol. The van der Waals surface area contributed by atoms with Crippen molar-refractivity contribution in [2.75, 3.05) is 47.5 Å². The monoisotopic (exact) mass is 1140 g/mol. The third kappa shape index (κ3) is 64.4. The molecule has 0 aliphatic carbocycles. The molecule has 9 nitrogen and oxygen atoms in total. The molecule has 0 N–H and O–H groups in total. The van der Waals surface area contributed by atoms with Crippen molar-refractivity contribution in [2.24, 2.45) is 0 Å². The molecule has 0 amide bonds. The fourth-order valence-corrected chi connectivity index (χ4v) is 10.00. The summed E-state index contributed by atoms with van der Waals surface area (Å²) in [6, 6.07) is 0. The van der Waals surface area contributed by atoms with E-state index in [4.69, 9.17) is 18.9 Å². The van der Waals surface area contributed by atoms with Crippen LogP contribution < -0.4 is 5.11 Å². The van der Waals surface area contributed by atoms with Gasteiger partial charge in [-0.05, 0) is 77.0 Å². The molecule has 0 heterocycles. The summed E-state index contributed by atoms with van der Waals surface area (Å²) in [6.07, 6.45) is 78.7. The van der Waals surface area contributed by atoms with E-state index in [9.17, 15) is 19.5 Å². The second-order valence-corrected chi connectivity index (χ2v) is 24.4. The number of unbranched alkanes of at least 4 members (excludes halogenated alkanes) is 39. The number of quaternary nitrogens is 1. The molecule has 9 heteroatoms. The maximum absolute atomic E-state index is 12.9. The zero-order chi connectivity index (χ0) is 59.1. The van der Waals surface area contributed by atoms with Crippen LogP contribution in [0.3, 0.4) is 0 Å². The minimum absolute atomic E-state index is 0.149. The molecule has 2 atom stereocenters. The molecule has 0 aromatic rings. The molecule has 2 unspecified atom stereocenters. The molecule has 0 rings (SSSR count). The number of allylic oxidation sites excluding steroid dienone is 10. The van der Waals surface area contributed by atoms with Crippen molar-refractivity contribution in [3.05, 3.63) is 60.8 Å². The lowest BCUT2D eigenvalue weighted by atomic mass is 10.0. The third-order valence-electron chi connectivity index (χ3n) is 15.2. The van der Waals surface area contributed by atoms with Gasteiger partial charge in [0.25, 0.3) is 0 Å². The summed E-state index contributed by atoms with van der Waals surface area (Å²) in [4.78, 5) is 37.5. The minimum Gasteiger partial charge on any atom is -0.545 e. The van der Waals surface area contributed by atoms with Crippen LogP contribution in [0.2, 0.25) is 0 Å². The van der Waals surface area contributed by atoms with Crippen molar-refractivity contribution in [1.82, 2.24) is 0 Å². The summed E-state index contributed by atoms with van der Waals surface area (Å²) in [5, 5.41) is 11.8. The molecule has 0 bridgehead atoms. The molecular formula is C72H131NO8. The topological polar surface area (TPSA) is 111 Å². The standard InChI is InChI=1S/C72H131NO8/c1-6-8-10-12-14-16-18-20-22-24-26-28-30-31-32-33-34-35-36-37-38-39-41-43-45-47-49-51-53-55-57-59-61-63-70(75)81-68(67-80-72(71(76)77)78-65-64-73(3,4)5)66-79-69(74)62-60-58-56-54-52-50-48-46-44-42-40-29-27-25-23-21-19-17-15-13-11-9-7-2/h8,10,14,16,20,22,25-28,68,72H,6-7,9,11-13,15,17-19,21,23-24,29-67H2,1-5H3/b10-8-,16-14-,22-20-,27-25-,28-26-. The first-order chi connectivity index (χ1) is 39.6. The first-order valence-electron chi connectivity index (χ1n) is 34.4. The predicted octanol–water partition coefficient (Wildman–Crippen LogP) is 19.8. The zero-order valence-electron chi connectivity index (χ0n) is 53.9. The van der Waals surface area contributed by atoms with E-state index >= 15 is 0 Å². The number of carboxylic acid groups (broad SMARTS) is 1. The molecule has 0 radical (unpaired) electrons. The quantitative estimate of drug-likeness (QED) is 0.0195. The van der Waals surface area contributed by atoms with Gasteiger partial charge in [-0.15, -0.1) is 0 Å². The van der Waals surface area contributed by atoms with Crippen LogP contribution in [-0.2, 0) is 33.3 Å². The Hall–Kier alpha value is -3.01. The fraction of sp³-hybridized carbons (Fsp3) is 0.819. The van der Waals surface area contributed by atoms with Gasteiger partial charge in [0.15, 0.2) is 12.4 Å². The Morgan fingerprint density at radius 1 is 0.383 bits per heavy atom. The molecule has 0 aromatic carbocycles. The maximum atomic E-state index is 12.9. The van der Waals surface area contributed by atoms with Crippen molar-refractivity contribution in [2.45, 2.75) is 334 Å². The third-order valence-corrected chi connectivity index (χ3v) is 15.2. The highest BCUT2D eigenvalue weighted by Gasteiger charge is 2.22. The van der Waals surface area contributed by atoms with Crippen LogP contribution in [0.5, 0.6) is 0 Å². The summed E-state index contributed by atoms with van der Waals surface area (Å²) < 4.78 is 22.8. The van der Waals surface area contributed by atoms with Gasteiger partial charge in [0.05, 0.1) is 40.3 Å². The molecule has 81 heavy (non-hydrogen) atoms. The highest BCUT2D eigenvalue weighted by atomic mass is 16.7. The number of hydrogen-bond donors (Lipinski definition) is 0. The lowest BCUT2D eigenvalue weighted by molar-refractivity contribution is -0.870. The lowest BCUT2D eigenvalue weighted by Gasteiger charge is -2.26. The van der Waals surface area contributed by atoms with E-state index in [0.717, 1.165) is 57.8 Å². The smallest absolute Gasteiger partial charge is 0.306 e. The summed E-state index contributed by atoms with van der Waals surface area (Å²) in [6.45, 7) is 4.68. The fourth-order valence-electron chi connectivity index (χ4n) is 10.00. The number of carbonyl (C=O) groups is 3. The SMILES string of the molecule is CC/C=C\C/C=C\C/C=C\C/C=C\CCCCCCCCCCCCCCCCCCCCCCC(=O)OC(COC(=O)CCCCCCCCCCCCC/C=C\CCCCCCCCCC)COC(OCC[N+](C)(C)C)C(=O)[O-]. The summed E-state index contributed by atoms with van der Waals surface area (Å²) in [5.41, 5.74) is 0. The molecule has 0 saturated carbocycles. The van der Waals surface area contributed by atoms with Crippen LogP contribution in [0.25, 0.3) is 0 Å². The maximum Gasteiger partial charge on any atom is 0.306 e. The van der Waals surface area contributed by atoms with Gasteiger partial charge in [0.2, 0.25) is 0 Å². The highest BCUT2D eigenvalue weighted by molar-refractivity contribution is 5.70. The predicted molar refractivity (Wildman–Crippen MR) is 343 cm³/mol. The van der Waals surface area contributed by atoms with Crippen molar-refractivity contribution in [1.29, 1.82) is 0 Å². The number of rotatable bonds is 64. The molecule has 472 valence electrons. The summed E-state index contributed by atoms with van der Waals surface area (Å²) >= 11 is 0. The number of hydrogen-bond acceptors (Lipinski definition) is 8. The highest BCUT2D eigenvalue weighted by Crippen LogP contribution is 2.18. The van der Waals surface area contributed by atoms with Crippen molar-refractivity contribution < 1.29 is 42.9 Å². The Labute approximate surface area is 501 Å². The molecule has 0 spiro atoms. The number of likely N-dealkylation sites (N-methyl/N-ethyl adjacent to an activating group) is 1. The summed E-state index contributed by atoms with van der Waals surface area (Å²) in [7, 11) is 5.94. The van der Waals surface area contributed by atoms with E-state index in [-0.39, 0.29) is 32.2 Å². The number of carboxylic acids is 1. The summed E-state index contributed by atoms with van der Waals surface area (Å²) in [5.74, 6) is -2.26. The van der Waals surface area contributed by atoms with Crippen LogP contribution in [0.15, 0.2) is 60.8 Å². The Morgan fingerprint density at radius 3 is 1.06 bits per heavy atom. The first kappa shape index (κ1) is 78.0. The molecule has 0 aliphatic heterocycles. The van der Waals surface area contributed by atoms with Gasteiger partial charge in [-0.1, -0.05) is 293 Å². The molecule has 0 saturated heterocycles. The van der Waals surface area contributed by atoms with E-state index in [1.807, 2.05) is 21.1 Å². The van der Waals surface area contributed by atoms with Crippen LogP contribution >= 0.6 is 0 Å². The number of ether oxygens (including phenoxy) is 4. The number of carbonyl (C=O) groups excluding carboxylic acids is 3. The second kappa shape index (κ2) is 63.0. The van der Waals surface area contributed by atoms with Crippen molar-refractivity contribution >= 4 is 17.9 Å². The van der Waals surface area contributed by atoms with E-state index in [0.29, 0.717) is 23.9 Å². The van der Waals surface area contributed by atoms with Gasteiger partial charge in [-0.25, -0.2) is 0 Å². The number of esters is 2. The van der Waals surface area contributed by atoms with Crippen LogP contribution in [-0.4, -0.2) is 82.3 Å². The lowest BCUT2D eigenvalue weighted by Crippen LogP contribution is -2.44. The largest absolute Gasteiger partial charge is 0.545 e. The average molecular weight is 1140 g/mol. The second-order valence-electron chi connectivity index (χ2n) is 24.4. The van der Waals surface area contributed by atoms with Gasteiger partial charge in [-0.2, -0.15) is 0 Å². The van der Waals surface area contributed by atoms with Gasteiger partial charge in [-0.3, -0.25) is 9.59 Å². The van der Waals surface area contributed by atoms with Crippen LogP contribution in [0.1, 0.15) is 322 Å². The van der Waals surface area contributed by atoms with Crippen LogP contribution in [0.4, 0.5) is 0 Å². The molecule has 0 fully saturated rings. The molecule has 0 aliphatic rings. The van der Waals surface area contributed by atoms with E-state index < -0.39 is 24.3 Å². The van der Waals surface area contributed by atoms with E-state index in [1.165, 1.54) is 231 Å². The Morgan fingerprint density at radius 2 is 0.704 bits per heavy atom. The Balaban J connectivity index is 4.07. The average Bonchev–Trinajstić information content (AvgIpc) is 3.44. The normalized spacial score (nSPS) is 13.0. The van der Waals surface area contributed by atoms with Gasteiger partial charge < -0.3 is 33.3 Å². The van der Waals surface area contributed by atoms with Gasteiger partial charge in [0.1, 0.15) is 13.2 Å². The molecule has 0 aromatic heterocycles. The van der Waals surface area contributed by atoms with Crippen molar-refractivity contribution in [3.8, 4) is 0 Å². The minimum atomic E-state index is -1.62. The Kier molecular flexibility index (Phi) is 60.7. The number of nitrogens with zero attached hydrogens (tertiary/aromatic N) is 1.